The third-order valence-corrected chi connectivity index (χ3v) is 4.94. The number of carbonyl (C=O) groups excluding carboxylic acids is 1. The lowest BCUT2D eigenvalue weighted by atomic mass is 10.1. The van der Waals surface area contributed by atoms with E-state index in [0.717, 1.165) is 4.90 Å². The molecule has 8 heteroatoms. The van der Waals surface area contributed by atoms with Gasteiger partial charge in [0.2, 0.25) is 5.91 Å². The summed E-state index contributed by atoms with van der Waals surface area (Å²) in [7, 11) is 0. The van der Waals surface area contributed by atoms with Gasteiger partial charge in [-0.1, -0.05) is 0 Å². The van der Waals surface area contributed by atoms with Gasteiger partial charge in [0, 0.05) is 42.3 Å². The highest BCUT2D eigenvalue weighted by molar-refractivity contribution is 7.99. The summed E-state index contributed by atoms with van der Waals surface area (Å²) < 4.78 is 5.21. The average Bonchev–Trinajstić information content (AvgIpc) is 2.61. The Hall–Kier alpha value is -1.64. The topological polar surface area (TPSA) is 92.9 Å². The van der Waals surface area contributed by atoms with Crippen LogP contribution in [0.2, 0.25) is 0 Å². The fourth-order valence-corrected chi connectivity index (χ4v) is 3.28. The molecule has 0 saturated carbocycles. The summed E-state index contributed by atoms with van der Waals surface area (Å²) in [5, 5.41) is 20.6. The number of aliphatic hydroxyl groups excluding tert-OH is 1. The first-order chi connectivity index (χ1) is 11.6. The number of nitro groups is 1. The normalized spacial score (nSPS) is 16.0. The Bertz CT molecular complexity index is 546. The van der Waals surface area contributed by atoms with E-state index in [1.165, 1.54) is 23.9 Å². The van der Waals surface area contributed by atoms with Crippen molar-refractivity contribution in [2.75, 3.05) is 32.1 Å². The van der Waals surface area contributed by atoms with Crippen molar-refractivity contribution in [3.63, 3.8) is 0 Å². The molecule has 2 rings (SSSR count). The summed E-state index contributed by atoms with van der Waals surface area (Å²) in [5.74, 6) is 0.623. The van der Waals surface area contributed by atoms with Crippen LogP contribution in [0.25, 0.3) is 0 Å². The predicted octanol–water partition coefficient (Wildman–Crippen LogP) is 2.08. The highest BCUT2D eigenvalue weighted by atomic mass is 32.2. The van der Waals surface area contributed by atoms with Crippen LogP contribution < -0.4 is 0 Å². The van der Waals surface area contributed by atoms with E-state index in [1.807, 2.05) is 4.90 Å². The minimum absolute atomic E-state index is 0.0570. The zero-order valence-electron chi connectivity index (χ0n) is 13.4. The van der Waals surface area contributed by atoms with Gasteiger partial charge >= 0.3 is 0 Å². The Kier molecular flexibility index (Phi) is 7.48. The quantitative estimate of drug-likeness (QED) is 0.436. The zero-order valence-corrected chi connectivity index (χ0v) is 14.2. The number of non-ortho nitro benzene ring substituents is 1. The van der Waals surface area contributed by atoms with Crippen molar-refractivity contribution >= 4 is 23.4 Å². The van der Waals surface area contributed by atoms with Gasteiger partial charge in [0.05, 0.1) is 24.2 Å². The zero-order chi connectivity index (χ0) is 17.4. The lowest BCUT2D eigenvalue weighted by Gasteiger charge is -2.27. The number of carbonyl (C=O) groups is 1. The molecule has 1 amide bonds. The second kappa shape index (κ2) is 9.61. The third-order valence-electron chi connectivity index (χ3n) is 3.78. The van der Waals surface area contributed by atoms with Gasteiger partial charge in [-0.3, -0.25) is 14.9 Å². The summed E-state index contributed by atoms with van der Waals surface area (Å²) in [6.45, 7) is 2.50. The highest BCUT2D eigenvalue weighted by Crippen LogP contribution is 2.23. The van der Waals surface area contributed by atoms with E-state index in [1.54, 1.807) is 12.1 Å². The molecule has 1 atom stereocenters. The van der Waals surface area contributed by atoms with Crippen molar-refractivity contribution in [2.24, 2.45) is 0 Å². The average molecular weight is 354 g/mol. The number of benzene rings is 1. The van der Waals surface area contributed by atoms with E-state index >= 15 is 0 Å². The number of hydrogen-bond donors (Lipinski definition) is 1. The van der Waals surface area contributed by atoms with Gasteiger partial charge in [-0.05, 0) is 25.0 Å². The second-order valence-electron chi connectivity index (χ2n) is 5.60. The van der Waals surface area contributed by atoms with E-state index in [4.69, 9.17) is 4.74 Å². The highest BCUT2D eigenvalue weighted by Gasteiger charge is 2.16. The Labute approximate surface area is 145 Å². The fraction of sp³-hybridized carbons (Fsp3) is 0.562. The van der Waals surface area contributed by atoms with Gasteiger partial charge < -0.3 is 14.7 Å². The van der Waals surface area contributed by atoms with E-state index < -0.39 is 11.0 Å². The molecule has 1 aliphatic heterocycles. The molecule has 24 heavy (non-hydrogen) atoms. The van der Waals surface area contributed by atoms with Crippen molar-refractivity contribution in [3.8, 4) is 0 Å². The minimum atomic E-state index is -0.498. The molecular formula is C16H22N2O5S. The smallest absolute Gasteiger partial charge is 0.269 e. The van der Waals surface area contributed by atoms with Crippen LogP contribution in [-0.2, 0) is 9.53 Å². The third kappa shape index (κ3) is 6.10. The van der Waals surface area contributed by atoms with Gasteiger partial charge in [0.1, 0.15) is 0 Å². The van der Waals surface area contributed by atoms with Crippen molar-refractivity contribution in [1.82, 2.24) is 4.90 Å². The van der Waals surface area contributed by atoms with Crippen LogP contribution >= 0.6 is 11.8 Å². The van der Waals surface area contributed by atoms with E-state index in [0.29, 0.717) is 51.3 Å². The standard InChI is InChI=1S/C16H22N2O5S/c19-14(2-1-3-16(20)17-8-10-23-11-9-17)12-24-15-6-4-13(5-7-15)18(21)22/h4-7,14,19H,1-3,8-12H2. The largest absolute Gasteiger partial charge is 0.392 e. The number of hydrogen-bond acceptors (Lipinski definition) is 6. The number of amides is 1. The second-order valence-corrected chi connectivity index (χ2v) is 6.69. The molecule has 0 aromatic heterocycles. The number of nitro benzene ring substituents is 1. The molecule has 0 spiro atoms. The Morgan fingerprint density at radius 1 is 1.33 bits per heavy atom. The van der Waals surface area contributed by atoms with Crippen LogP contribution in [-0.4, -0.2) is 59.0 Å². The summed E-state index contributed by atoms with van der Waals surface area (Å²) >= 11 is 1.45. The van der Waals surface area contributed by atoms with Crippen LogP contribution in [0.4, 0.5) is 5.69 Å². The first-order valence-corrected chi connectivity index (χ1v) is 8.95. The first kappa shape index (κ1) is 18.7. The van der Waals surface area contributed by atoms with E-state index in [-0.39, 0.29) is 11.6 Å². The van der Waals surface area contributed by atoms with Crippen molar-refractivity contribution < 1.29 is 19.6 Å². The first-order valence-electron chi connectivity index (χ1n) is 7.97. The fourth-order valence-electron chi connectivity index (χ4n) is 2.40. The molecular weight excluding hydrogens is 332 g/mol. The molecule has 1 heterocycles. The maximum atomic E-state index is 12.0. The van der Waals surface area contributed by atoms with Crippen LogP contribution in [0.15, 0.2) is 29.2 Å². The molecule has 0 aliphatic carbocycles. The SMILES string of the molecule is O=C(CCCC(O)CSc1ccc([N+](=O)[O-])cc1)N1CCOCC1. The molecule has 1 saturated heterocycles. The van der Waals surface area contributed by atoms with Gasteiger partial charge in [-0.2, -0.15) is 0 Å². The molecule has 1 aromatic carbocycles. The number of thioether (sulfide) groups is 1. The maximum absolute atomic E-state index is 12.0. The number of nitrogens with zero attached hydrogens (tertiary/aromatic N) is 2. The van der Waals surface area contributed by atoms with Crippen molar-refractivity contribution in [3.05, 3.63) is 34.4 Å². The maximum Gasteiger partial charge on any atom is 0.269 e. The van der Waals surface area contributed by atoms with Gasteiger partial charge in [0.15, 0.2) is 0 Å². The van der Waals surface area contributed by atoms with E-state index in [9.17, 15) is 20.0 Å². The molecule has 1 aliphatic rings. The number of morpholine rings is 1. The van der Waals surface area contributed by atoms with Crippen LogP contribution in [0.5, 0.6) is 0 Å². The molecule has 1 fully saturated rings. The number of aliphatic hydroxyl groups is 1. The van der Waals surface area contributed by atoms with Crippen molar-refractivity contribution in [2.45, 2.75) is 30.3 Å². The molecule has 7 nitrogen and oxygen atoms in total. The summed E-state index contributed by atoms with van der Waals surface area (Å²) in [6.07, 6.45) is 1.16. The summed E-state index contributed by atoms with van der Waals surface area (Å²) in [4.78, 5) is 24.8. The van der Waals surface area contributed by atoms with Gasteiger partial charge in [-0.15, -0.1) is 11.8 Å². The monoisotopic (exact) mass is 354 g/mol. The van der Waals surface area contributed by atoms with Crippen molar-refractivity contribution in [1.29, 1.82) is 0 Å². The number of ether oxygens (including phenoxy) is 1. The molecule has 1 aromatic rings. The van der Waals surface area contributed by atoms with Gasteiger partial charge in [-0.25, -0.2) is 0 Å². The lowest BCUT2D eigenvalue weighted by Crippen LogP contribution is -2.40. The summed E-state index contributed by atoms with van der Waals surface area (Å²) in [6, 6.07) is 6.26. The Morgan fingerprint density at radius 2 is 2.00 bits per heavy atom. The number of rotatable bonds is 8. The molecule has 0 radical (unpaired) electrons. The molecule has 0 bridgehead atoms. The van der Waals surface area contributed by atoms with Crippen LogP contribution in [0.1, 0.15) is 19.3 Å². The molecule has 132 valence electrons. The van der Waals surface area contributed by atoms with Gasteiger partial charge in [0.25, 0.3) is 5.69 Å². The Morgan fingerprint density at radius 3 is 2.62 bits per heavy atom. The van der Waals surface area contributed by atoms with Crippen LogP contribution in [0, 0.1) is 10.1 Å². The summed E-state index contributed by atoms with van der Waals surface area (Å²) in [5.41, 5.74) is 0.0570. The molecule has 1 unspecified atom stereocenters. The van der Waals surface area contributed by atoms with E-state index in [2.05, 4.69) is 0 Å². The minimum Gasteiger partial charge on any atom is -0.392 e. The van der Waals surface area contributed by atoms with Crippen LogP contribution in [0.3, 0.4) is 0 Å². The Balaban J connectivity index is 1.63. The molecule has 1 N–H and O–H groups in total. The lowest BCUT2D eigenvalue weighted by molar-refractivity contribution is -0.384. The predicted molar refractivity (Wildman–Crippen MR) is 91.1 cm³/mol.